The first-order chi connectivity index (χ1) is 12.5. The lowest BCUT2D eigenvalue weighted by Crippen LogP contribution is -2.39. The van der Waals surface area contributed by atoms with E-state index in [9.17, 15) is 14.0 Å². The van der Waals surface area contributed by atoms with E-state index in [2.05, 4.69) is 15.8 Å². The molecule has 7 heteroatoms. The van der Waals surface area contributed by atoms with Crippen LogP contribution in [0.15, 0.2) is 53.7 Å². The highest BCUT2D eigenvalue weighted by atomic mass is 19.1. The highest BCUT2D eigenvalue weighted by Gasteiger charge is 2.28. The van der Waals surface area contributed by atoms with Crippen molar-refractivity contribution in [2.75, 3.05) is 11.9 Å². The summed E-state index contributed by atoms with van der Waals surface area (Å²) in [6, 6.07) is 13.1. The van der Waals surface area contributed by atoms with Gasteiger partial charge in [-0.2, -0.15) is 0 Å². The normalized spacial score (nSPS) is 15.8. The number of oxime groups is 1. The molecule has 2 N–H and O–H groups in total. The van der Waals surface area contributed by atoms with Crippen LogP contribution in [-0.2, 0) is 14.4 Å². The van der Waals surface area contributed by atoms with E-state index in [1.807, 2.05) is 31.2 Å². The van der Waals surface area contributed by atoms with Crippen molar-refractivity contribution < 1.29 is 18.8 Å². The Morgan fingerprint density at radius 1 is 1.15 bits per heavy atom. The van der Waals surface area contributed by atoms with Crippen LogP contribution in [0.1, 0.15) is 17.5 Å². The fourth-order valence-electron chi connectivity index (χ4n) is 2.45. The predicted molar refractivity (Wildman–Crippen MR) is 95.2 cm³/mol. The molecule has 0 fully saturated rings. The number of carbonyl (C=O) groups is 2. The van der Waals surface area contributed by atoms with Gasteiger partial charge in [0, 0.05) is 12.1 Å². The first-order valence-corrected chi connectivity index (χ1v) is 8.14. The van der Waals surface area contributed by atoms with Gasteiger partial charge < -0.3 is 15.5 Å². The summed E-state index contributed by atoms with van der Waals surface area (Å²) in [6.07, 6.45) is -0.418. The van der Waals surface area contributed by atoms with Gasteiger partial charge in [0.2, 0.25) is 12.0 Å². The Hall–Kier alpha value is -3.22. The topological polar surface area (TPSA) is 79.8 Å². The van der Waals surface area contributed by atoms with E-state index in [1.54, 1.807) is 0 Å². The van der Waals surface area contributed by atoms with E-state index >= 15 is 0 Å². The number of rotatable bonds is 5. The number of nitrogens with zero attached hydrogens (tertiary/aromatic N) is 1. The number of amides is 2. The van der Waals surface area contributed by atoms with Crippen molar-refractivity contribution in [1.29, 1.82) is 0 Å². The Morgan fingerprint density at radius 2 is 1.85 bits per heavy atom. The van der Waals surface area contributed by atoms with Crippen molar-refractivity contribution in [2.24, 2.45) is 5.16 Å². The average molecular weight is 355 g/mol. The summed E-state index contributed by atoms with van der Waals surface area (Å²) >= 11 is 0. The third kappa shape index (κ3) is 4.44. The van der Waals surface area contributed by atoms with E-state index in [0.29, 0.717) is 17.8 Å². The zero-order chi connectivity index (χ0) is 18.5. The first kappa shape index (κ1) is 17.6. The number of aryl methyl sites for hydroxylation is 1. The molecule has 1 unspecified atom stereocenters. The molecule has 0 spiro atoms. The van der Waals surface area contributed by atoms with Crippen molar-refractivity contribution in [3.63, 3.8) is 0 Å². The number of carbonyl (C=O) groups excluding carboxylic acids is 2. The minimum atomic E-state index is -0.759. The number of halogens is 1. The Kier molecular flexibility index (Phi) is 5.26. The Labute approximate surface area is 150 Å². The van der Waals surface area contributed by atoms with Crippen molar-refractivity contribution in [3.8, 4) is 0 Å². The van der Waals surface area contributed by atoms with Gasteiger partial charge in [-0.25, -0.2) is 4.39 Å². The molecule has 2 amide bonds. The standard InChI is InChI=1S/C19H18FN3O3/c1-12-2-4-13(5-3-12)16-10-17(26-23-16)19(25)21-11-18(24)22-15-8-6-14(20)7-9-15/h2-9,17H,10-11H2,1H3,(H,21,25)(H,22,24). The minimum Gasteiger partial charge on any atom is -0.382 e. The van der Waals surface area contributed by atoms with E-state index in [1.165, 1.54) is 24.3 Å². The number of hydrogen-bond donors (Lipinski definition) is 2. The molecule has 0 bridgehead atoms. The maximum Gasteiger partial charge on any atom is 0.264 e. The number of benzene rings is 2. The summed E-state index contributed by atoms with van der Waals surface area (Å²) in [4.78, 5) is 29.2. The molecule has 134 valence electrons. The van der Waals surface area contributed by atoms with E-state index in [0.717, 1.165) is 11.1 Å². The molecule has 1 atom stereocenters. The van der Waals surface area contributed by atoms with Gasteiger partial charge in [-0.15, -0.1) is 0 Å². The average Bonchev–Trinajstić information content (AvgIpc) is 3.12. The van der Waals surface area contributed by atoms with Crippen molar-refractivity contribution >= 4 is 23.2 Å². The number of hydrogen-bond acceptors (Lipinski definition) is 4. The molecule has 1 heterocycles. The van der Waals surface area contributed by atoms with Crippen LogP contribution in [0, 0.1) is 12.7 Å². The summed E-state index contributed by atoms with van der Waals surface area (Å²) in [5.41, 5.74) is 3.18. The third-order valence-electron chi connectivity index (χ3n) is 3.90. The van der Waals surface area contributed by atoms with Crippen LogP contribution in [0.4, 0.5) is 10.1 Å². The molecule has 0 aliphatic carbocycles. The summed E-state index contributed by atoms with van der Waals surface area (Å²) in [5.74, 6) is -1.22. The van der Waals surface area contributed by atoms with Crippen molar-refractivity contribution in [2.45, 2.75) is 19.4 Å². The molecular formula is C19H18FN3O3. The fraction of sp³-hybridized carbons (Fsp3) is 0.211. The zero-order valence-electron chi connectivity index (χ0n) is 14.2. The minimum absolute atomic E-state index is 0.212. The van der Waals surface area contributed by atoms with Gasteiger partial charge in [0.05, 0.1) is 12.3 Å². The lowest BCUT2D eigenvalue weighted by Gasteiger charge is -2.10. The molecule has 0 radical (unpaired) electrons. The number of anilines is 1. The van der Waals surface area contributed by atoms with Gasteiger partial charge in [0.15, 0.2) is 0 Å². The van der Waals surface area contributed by atoms with Gasteiger partial charge in [-0.3, -0.25) is 9.59 Å². The van der Waals surface area contributed by atoms with Crippen LogP contribution in [0.2, 0.25) is 0 Å². The third-order valence-corrected chi connectivity index (χ3v) is 3.90. The molecular weight excluding hydrogens is 337 g/mol. The van der Waals surface area contributed by atoms with Gasteiger partial charge in [0.1, 0.15) is 5.82 Å². The summed E-state index contributed by atoms with van der Waals surface area (Å²) in [5, 5.41) is 9.04. The molecule has 1 aliphatic rings. The van der Waals surface area contributed by atoms with Crippen molar-refractivity contribution in [3.05, 3.63) is 65.5 Å². The van der Waals surface area contributed by atoms with E-state index in [4.69, 9.17) is 4.84 Å². The Bertz CT molecular complexity index is 832. The van der Waals surface area contributed by atoms with Gasteiger partial charge in [-0.05, 0) is 36.8 Å². The number of nitrogens with one attached hydrogen (secondary N) is 2. The summed E-state index contributed by atoms with van der Waals surface area (Å²) < 4.78 is 12.8. The zero-order valence-corrected chi connectivity index (χ0v) is 14.2. The van der Waals surface area contributed by atoms with Crippen molar-refractivity contribution in [1.82, 2.24) is 5.32 Å². The second-order valence-corrected chi connectivity index (χ2v) is 5.98. The maximum absolute atomic E-state index is 12.8. The Balaban J connectivity index is 1.46. The Morgan fingerprint density at radius 3 is 2.54 bits per heavy atom. The lowest BCUT2D eigenvalue weighted by atomic mass is 10.0. The van der Waals surface area contributed by atoms with Gasteiger partial charge >= 0.3 is 0 Å². The van der Waals surface area contributed by atoms with Crippen LogP contribution in [-0.4, -0.2) is 30.2 Å². The van der Waals surface area contributed by atoms with Crippen LogP contribution >= 0.6 is 0 Å². The second-order valence-electron chi connectivity index (χ2n) is 5.98. The molecule has 6 nitrogen and oxygen atoms in total. The molecule has 0 saturated carbocycles. The smallest absolute Gasteiger partial charge is 0.264 e. The first-order valence-electron chi connectivity index (χ1n) is 8.14. The van der Waals surface area contributed by atoms with Crippen LogP contribution in [0.5, 0.6) is 0 Å². The highest BCUT2D eigenvalue weighted by molar-refractivity contribution is 6.04. The molecule has 0 aromatic heterocycles. The van der Waals surface area contributed by atoms with Crippen LogP contribution in [0.25, 0.3) is 0 Å². The fourth-order valence-corrected chi connectivity index (χ4v) is 2.45. The molecule has 0 saturated heterocycles. The van der Waals surface area contributed by atoms with Crippen LogP contribution in [0.3, 0.4) is 0 Å². The van der Waals surface area contributed by atoms with E-state index in [-0.39, 0.29) is 12.4 Å². The lowest BCUT2D eigenvalue weighted by molar-refractivity contribution is -0.132. The second kappa shape index (κ2) is 7.77. The predicted octanol–water partition coefficient (Wildman–Crippen LogP) is 2.38. The van der Waals surface area contributed by atoms with Gasteiger partial charge in [-0.1, -0.05) is 35.0 Å². The maximum atomic E-state index is 12.8. The van der Waals surface area contributed by atoms with Gasteiger partial charge in [0.25, 0.3) is 5.91 Å². The highest BCUT2D eigenvalue weighted by Crippen LogP contribution is 2.17. The SMILES string of the molecule is Cc1ccc(C2=NOC(C(=O)NCC(=O)Nc3ccc(F)cc3)C2)cc1. The molecule has 2 aromatic carbocycles. The summed E-state index contributed by atoms with van der Waals surface area (Å²) in [6.45, 7) is 1.78. The van der Waals surface area contributed by atoms with Crippen LogP contribution < -0.4 is 10.6 Å². The van der Waals surface area contributed by atoms with E-state index < -0.39 is 17.9 Å². The molecule has 1 aliphatic heterocycles. The molecule has 3 rings (SSSR count). The summed E-state index contributed by atoms with van der Waals surface area (Å²) in [7, 11) is 0. The largest absolute Gasteiger partial charge is 0.382 e. The monoisotopic (exact) mass is 355 g/mol. The molecule has 2 aromatic rings. The quantitative estimate of drug-likeness (QED) is 0.864. The molecule has 26 heavy (non-hydrogen) atoms.